The van der Waals surface area contributed by atoms with E-state index in [2.05, 4.69) is 17.1 Å². The number of rotatable bonds is 9. The first-order chi connectivity index (χ1) is 14.2. The van der Waals surface area contributed by atoms with E-state index in [1.54, 1.807) is 6.26 Å². The summed E-state index contributed by atoms with van der Waals surface area (Å²) in [7, 11) is 0. The van der Waals surface area contributed by atoms with E-state index in [9.17, 15) is 4.79 Å². The maximum absolute atomic E-state index is 12.8. The second kappa shape index (κ2) is 8.86. The summed E-state index contributed by atoms with van der Waals surface area (Å²) in [5, 5.41) is 9.54. The number of benzene rings is 1. The van der Waals surface area contributed by atoms with Crippen LogP contribution in [-0.4, -0.2) is 44.4 Å². The Morgan fingerprint density at radius 1 is 1.24 bits per heavy atom. The van der Waals surface area contributed by atoms with Crippen molar-refractivity contribution in [3.8, 4) is 17.1 Å². The van der Waals surface area contributed by atoms with Crippen LogP contribution in [0.2, 0.25) is 0 Å². The highest BCUT2D eigenvalue weighted by molar-refractivity contribution is 7.99. The van der Waals surface area contributed by atoms with Gasteiger partial charge in [-0.15, -0.1) is 10.2 Å². The summed E-state index contributed by atoms with van der Waals surface area (Å²) in [6, 6.07) is 11.9. The molecule has 1 amide bonds. The number of thioether (sulfide) groups is 1. The standard InChI is InChI=1S/C22H26N4O2S/c1-3-12-25(14-17-9-10-17)20(27)15-29-22-24-23-21(19-11-13-28-16(19)2)26(22)18-7-5-4-6-8-18/h4-8,11,13,17H,3,9-10,12,14-15H2,1-2H3. The lowest BCUT2D eigenvalue weighted by Crippen LogP contribution is -2.35. The summed E-state index contributed by atoms with van der Waals surface area (Å²) in [6.45, 7) is 5.74. The average Bonchev–Trinajstić information content (AvgIpc) is 3.30. The number of para-hydroxylation sites is 1. The molecular formula is C22H26N4O2S. The molecule has 29 heavy (non-hydrogen) atoms. The van der Waals surface area contributed by atoms with Crippen LogP contribution >= 0.6 is 11.8 Å². The predicted octanol–water partition coefficient (Wildman–Crippen LogP) is 4.58. The molecular weight excluding hydrogens is 384 g/mol. The first kappa shape index (κ1) is 19.8. The number of aromatic nitrogens is 3. The first-order valence-electron chi connectivity index (χ1n) is 10.1. The van der Waals surface area contributed by atoms with Crippen LogP contribution < -0.4 is 0 Å². The van der Waals surface area contributed by atoms with E-state index in [0.717, 1.165) is 42.3 Å². The van der Waals surface area contributed by atoms with E-state index in [-0.39, 0.29) is 5.91 Å². The van der Waals surface area contributed by atoms with Crippen molar-refractivity contribution in [1.82, 2.24) is 19.7 Å². The molecule has 1 fully saturated rings. The number of hydrogen-bond acceptors (Lipinski definition) is 5. The molecule has 0 unspecified atom stereocenters. The van der Waals surface area contributed by atoms with Gasteiger partial charge in [0.25, 0.3) is 0 Å². The monoisotopic (exact) mass is 410 g/mol. The van der Waals surface area contributed by atoms with Crippen molar-refractivity contribution in [2.75, 3.05) is 18.8 Å². The number of carbonyl (C=O) groups excluding carboxylic acids is 1. The Kier molecular flexibility index (Phi) is 6.04. The molecule has 1 aliphatic rings. The minimum absolute atomic E-state index is 0.174. The third-order valence-electron chi connectivity index (χ3n) is 5.09. The molecule has 2 aromatic heterocycles. The lowest BCUT2D eigenvalue weighted by molar-refractivity contribution is -0.128. The maximum atomic E-state index is 12.8. The molecule has 0 bridgehead atoms. The van der Waals surface area contributed by atoms with Gasteiger partial charge in [0, 0.05) is 18.8 Å². The van der Waals surface area contributed by atoms with Gasteiger partial charge >= 0.3 is 0 Å². The van der Waals surface area contributed by atoms with Gasteiger partial charge in [-0.2, -0.15) is 0 Å². The van der Waals surface area contributed by atoms with Gasteiger partial charge in [-0.05, 0) is 50.3 Å². The fraction of sp³-hybridized carbons (Fsp3) is 0.409. The number of aryl methyl sites for hydroxylation is 1. The van der Waals surface area contributed by atoms with Crippen LogP contribution in [0.4, 0.5) is 0 Å². The van der Waals surface area contributed by atoms with Crippen LogP contribution in [-0.2, 0) is 4.79 Å². The fourth-order valence-corrected chi connectivity index (χ4v) is 4.24. The molecule has 0 N–H and O–H groups in total. The van der Waals surface area contributed by atoms with Gasteiger partial charge in [0.15, 0.2) is 11.0 Å². The number of nitrogens with zero attached hydrogens (tertiary/aromatic N) is 4. The molecule has 152 valence electrons. The van der Waals surface area contributed by atoms with Crippen molar-refractivity contribution in [3.05, 3.63) is 48.4 Å². The summed E-state index contributed by atoms with van der Waals surface area (Å²) in [5.74, 6) is 2.75. The molecule has 7 heteroatoms. The molecule has 0 atom stereocenters. The van der Waals surface area contributed by atoms with E-state index < -0.39 is 0 Å². The highest BCUT2D eigenvalue weighted by atomic mass is 32.2. The topological polar surface area (TPSA) is 64.2 Å². The van der Waals surface area contributed by atoms with Crippen molar-refractivity contribution in [2.45, 2.75) is 38.3 Å². The van der Waals surface area contributed by atoms with Crippen molar-refractivity contribution in [3.63, 3.8) is 0 Å². The third kappa shape index (κ3) is 4.56. The van der Waals surface area contributed by atoms with E-state index in [4.69, 9.17) is 4.42 Å². The zero-order valence-corrected chi connectivity index (χ0v) is 17.7. The summed E-state index contributed by atoms with van der Waals surface area (Å²) in [5.41, 5.74) is 1.87. The van der Waals surface area contributed by atoms with Crippen molar-refractivity contribution in [1.29, 1.82) is 0 Å². The zero-order valence-electron chi connectivity index (χ0n) is 16.9. The molecule has 0 radical (unpaired) electrons. The Morgan fingerprint density at radius 2 is 2.03 bits per heavy atom. The lowest BCUT2D eigenvalue weighted by atomic mass is 10.2. The Balaban J connectivity index is 1.58. The molecule has 1 saturated carbocycles. The largest absolute Gasteiger partial charge is 0.469 e. The highest BCUT2D eigenvalue weighted by Crippen LogP contribution is 2.32. The molecule has 2 heterocycles. The van der Waals surface area contributed by atoms with Crippen molar-refractivity contribution < 1.29 is 9.21 Å². The van der Waals surface area contributed by atoms with Crippen molar-refractivity contribution >= 4 is 17.7 Å². The molecule has 6 nitrogen and oxygen atoms in total. The number of furan rings is 1. The minimum atomic E-state index is 0.174. The molecule has 0 saturated heterocycles. The van der Waals surface area contributed by atoms with E-state index >= 15 is 0 Å². The van der Waals surface area contributed by atoms with Crippen LogP contribution in [0, 0.1) is 12.8 Å². The predicted molar refractivity (Wildman–Crippen MR) is 114 cm³/mol. The summed E-state index contributed by atoms with van der Waals surface area (Å²) in [6.07, 6.45) is 5.13. The smallest absolute Gasteiger partial charge is 0.233 e. The van der Waals surface area contributed by atoms with Gasteiger partial charge in [-0.3, -0.25) is 9.36 Å². The molecule has 0 spiro atoms. The Labute approximate surface area is 175 Å². The van der Waals surface area contributed by atoms with Gasteiger partial charge < -0.3 is 9.32 Å². The normalized spacial score (nSPS) is 13.6. The van der Waals surface area contributed by atoms with Crippen LogP contribution in [0.15, 0.2) is 52.2 Å². The summed E-state index contributed by atoms with van der Waals surface area (Å²) >= 11 is 1.44. The molecule has 3 aromatic rings. The van der Waals surface area contributed by atoms with Gasteiger partial charge in [0.05, 0.1) is 17.6 Å². The highest BCUT2D eigenvalue weighted by Gasteiger charge is 2.27. The number of amides is 1. The SMILES string of the molecule is CCCN(CC1CC1)C(=O)CSc1nnc(-c2ccoc2C)n1-c1ccccc1. The molecule has 0 aliphatic heterocycles. The van der Waals surface area contributed by atoms with E-state index in [1.807, 2.05) is 52.8 Å². The van der Waals surface area contributed by atoms with Gasteiger partial charge in [-0.1, -0.05) is 36.9 Å². The van der Waals surface area contributed by atoms with Gasteiger partial charge in [-0.25, -0.2) is 0 Å². The van der Waals surface area contributed by atoms with Crippen LogP contribution in [0.3, 0.4) is 0 Å². The van der Waals surface area contributed by atoms with Crippen LogP contribution in [0.1, 0.15) is 31.9 Å². The summed E-state index contributed by atoms with van der Waals surface area (Å²) in [4.78, 5) is 14.8. The Morgan fingerprint density at radius 3 is 2.69 bits per heavy atom. The van der Waals surface area contributed by atoms with Crippen molar-refractivity contribution in [2.24, 2.45) is 5.92 Å². The van der Waals surface area contributed by atoms with Gasteiger partial charge in [0.2, 0.25) is 5.91 Å². The fourth-order valence-electron chi connectivity index (χ4n) is 3.38. The van der Waals surface area contributed by atoms with E-state index in [0.29, 0.717) is 16.8 Å². The molecule has 1 aliphatic carbocycles. The lowest BCUT2D eigenvalue weighted by Gasteiger charge is -2.21. The zero-order chi connectivity index (χ0) is 20.2. The third-order valence-corrected chi connectivity index (χ3v) is 6.01. The average molecular weight is 411 g/mol. The Hall–Kier alpha value is -2.54. The first-order valence-corrected chi connectivity index (χ1v) is 11.1. The van der Waals surface area contributed by atoms with Crippen LogP contribution in [0.5, 0.6) is 0 Å². The second-order valence-electron chi connectivity index (χ2n) is 7.44. The molecule has 1 aromatic carbocycles. The Bertz CT molecular complexity index is 962. The quantitative estimate of drug-likeness (QED) is 0.483. The number of hydrogen-bond donors (Lipinski definition) is 0. The minimum Gasteiger partial charge on any atom is -0.469 e. The van der Waals surface area contributed by atoms with Crippen LogP contribution in [0.25, 0.3) is 17.1 Å². The number of carbonyl (C=O) groups is 1. The van der Waals surface area contributed by atoms with Gasteiger partial charge in [0.1, 0.15) is 5.76 Å². The second-order valence-corrected chi connectivity index (χ2v) is 8.38. The summed E-state index contributed by atoms with van der Waals surface area (Å²) < 4.78 is 7.47. The maximum Gasteiger partial charge on any atom is 0.233 e. The van der Waals surface area contributed by atoms with E-state index in [1.165, 1.54) is 24.6 Å². The molecule has 4 rings (SSSR count).